The van der Waals surface area contributed by atoms with E-state index in [9.17, 15) is 4.79 Å². The van der Waals surface area contributed by atoms with Crippen molar-refractivity contribution in [2.75, 3.05) is 6.54 Å². The van der Waals surface area contributed by atoms with Crippen LogP contribution in [0.2, 0.25) is 0 Å². The molecule has 0 aliphatic carbocycles. The lowest BCUT2D eigenvalue weighted by Crippen LogP contribution is -2.63. The molecule has 0 radical (unpaired) electrons. The first kappa shape index (κ1) is 12.5. The maximum atomic E-state index is 13.1. The van der Waals surface area contributed by atoms with Crippen LogP contribution in [0.3, 0.4) is 0 Å². The molecule has 1 saturated heterocycles. The van der Waals surface area contributed by atoms with Crippen molar-refractivity contribution in [1.82, 2.24) is 14.8 Å². The predicted molar refractivity (Wildman–Crippen MR) is 86.4 cm³/mol. The normalized spacial score (nSPS) is 29.1. The van der Waals surface area contributed by atoms with Crippen LogP contribution in [-0.2, 0) is 0 Å². The average Bonchev–Trinajstić information content (AvgIpc) is 3.15. The van der Waals surface area contributed by atoms with Gasteiger partial charge in [-0.1, -0.05) is 18.2 Å². The largest absolute Gasteiger partial charge is 0.370 e. The molecule has 7 heteroatoms. The molecule has 2 aromatic rings. The molecular weight excluding hydrogens is 346 g/mol. The maximum Gasteiger partial charge on any atom is 0.273 e. The number of carbonyl (C=O) groups excluding carboxylic acids is 1. The third-order valence-electron chi connectivity index (χ3n) is 5.00. The Morgan fingerprint density at radius 1 is 1.41 bits per heavy atom. The van der Waals surface area contributed by atoms with Crippen LogP contribution in [0.1, 0.15) is 29.5 Å². The van der Waals surface area contributed by atoms with Crippen molar-refractivity contribution in [3.63, 3.8) is 0 Å². The minimum Gasteiger partial charge on any atom is -0.370 e. The fraction of sp³-hybridized carbons (Fsp3) is 0.333. The number of nitrogens with zero attached hydrogens (tertiary/aromatic N) is 3. The summed E-state index contributed by atoms with van der Waals surface area (Å²) >= 11 is 3.62. The van der Waals surface area contributed by atoms with Crippen molar-refractivity contribution in [3.05, 3.63) is 34.4 Å². The smallest absolute Gasteiger partial charge is 0.273 e. The minimum absolute atomic E-state index is 0.0363. The molecule has 4 heterocycles. The molecule has 2 atom stereocenters. The van der Waals surface area contributed by atoms with Crippen LogP contribution in [0, 0.1) is 0 Å². The highest BCUT2D eigenvalue weighted by atomic mass is 79.9. The first-order chi connectivity index (χ1) is 10.6. The van der Waals surface area contributed by atoms with Crippen molar-refractivity contribution in [2.45, 2.75) is 24.7 Å². The van der Waals surface area contributed by atoms with Gasteiger partial charge < -0.3 is 20.5 Å². The Morgan fingerprint density at radius 2 is 2.23 bits per heavy atom. The summed E-state index contributed by atoms with van der Waals surface area (Å²) in [6, 6.07) is 8.01. The van der Waals surface area contributed by atoms with Gasteiger partial charge in [0, 0.05) is 11.9 Å². The molecular formula is C15H14BrN5O. The number of aromatic nitrogens is 1. The van der Waals surface area contributed by atoms with Gasteiger partial charge >= 0.3 is 0 Å². The topological polar surface area (TPSA) is 75.6 Å². The zero-order valence-corrected chi connectivity index (χ0v) is 13.3. The number of halogens is 1. The van der Waals surface area contributed by atoms with Crippen LogP contribution in [0.5, 0.6) is 0 Å². The van der Waals surface area contributed by atoms with E-state index in [0.717, 1.165) is 34.8 Å². The monoisotopic (exact) mass is 359 g/mol. The number of amides is 1. The van der Waals surface area contributed by atoms with Crippen molar-refractivity contribution in [2.24, 2.45) is 10.7 Å². The van der Waals surface area contributed by atoms with Crippen molar-refractivity contribution in [1.29, 1.82) is 0 Å². The van der Waals surface area contributed by atoms with Crippen LogP contribution in [-0.4, -0.2) is 33.5 Å². The molecule has 3 N–H and O–H groups in total. The van der Waals surface area contributed by atoms with Gasteiger partial charge in [-0.3, -0.25) is 4.79 Å². The summed E-state index contributed by atoms with van der Waals surface area (Å²) in [4.78, 5) is 19.6. The maximum absolute atomic E-state index is 13.1. The number of carbonyl (C=O) groups is 1. The van der Waals surface area contributed by atoms with Crippen LogP contribution < -0.4 is 11.1 Å². The zero-order chi connectivity index (χ0) is 15.1. The molecule has 22 heavy (non-hydrogen) atoms. The highest BCUT2D eigenvalue weighted by molar-refractivity contribution is 9.10. The molecule has 1 fully saturated rings. The van der Waals surface area contributed by atoms with Crippen molar-refractivity contribution in [3.8, 4) is 0 Å². The van der Waals surface area contributed by atoms with Gasteiger partial charge in [0.1, 0.15) is 5.69 Å². The van der Waals surface area contributed by atoms with Gasteiger partial charge in [-0.25, -0.2) is 4.99 Å². The van der Waals surface area contributed by atoms with Gasteiger partial charge in [0.25, 0.3) is 5.91 Å². The summed E-state index contributed by atoms with van der Waals surface area (Å²) in [5.41, 5.74) is 7.15. The highest BCUT2D eigenvalue weighted by Gasteiger charge is 2.58. The Labute approximate surface area is 135 Å². The Morgan fingerprint density at radius 3 is 3.09 bits per heavy atom. The Kier molecular flexibility index (Phi) is 2.18. The molecule has 1 spiro atoms. The van der Waals surface area contributed by atoms with Gasteiger partial charge in [-0.15, -0.1) is 0 Å². The molecule has 2 unspecified atom stereocenters. The summed E-state index contributed by atoms with van der Waals surface area (Å²) in [7, 11) is 0. The van der Waals surface area contributed by atoms with E-state index in [-0.39, 0.29) is 12.1 Å². The summed E-state index contributed by atoms with van der Waals surface area (Å²) in [6.07, 6.45) is 1.61. The third kappa shape index (κ3) is 1.23. The van der Waals surface area contributed by atoms with Crippen molar-refractivity contribution >= 4 is 38.7 Å². The first-order valence-corrected chi connectivity index (χ1v) is 8.15. The number of hydrogen-bond donors (Lipinski definition) is 2. The molecule has 1 aromatic carbocycles. The van der Waals surface area contributed by atoms with Crippen molar-refractivity contribution < 1.29 is 4.79 Å². The number of hydrogen-bond acceptors (Lipinski definition) is 4. The second kappa shape index (κ2) is 3.84. The van der Waals surface area contributed by atoms with Crippen LogP contribution in [0.4, 0.5) is 0 Å². The minimum atomic E-state index is -0.505. The fourth-order valence-corrected chi connectivity index (χ4v) is 4.85. The van der Waals surface area contributed by atoms with Gasteiger partial charge in [-0.2, -0.15) is 0 Å². The Hall–Kier alpha value is -2.02. The lowest BCUT2D eigenvalue weighted by molar-refractivity contribution is 0.0335. The van der Waals surface area contributed by atoms with E-state index in [2.05, 4.69) is 26.2 Å². The molecule has 0 bridgehead atoms. The summed E-state index contributed by atoms with van der Waals surface area (Å²) < 4.78 is 2.88. The van der Waals surface area contributed by atoms with E-state index >= 15 is 0 Å². The van der Waals surface area contributed by atoms with E-state index in [1.54, 1.807) is 0 Å². The van der Waals surface area contributed by atoms with Gasteiger partial charge in [0.15, 0.2) is 17.8 Å². The number of fused-ring (bicyclic) bond motifs is 4. The van der Waals surface area contributed by atoms with Crippen LogP contribution in [0.15, 0.2) is 33.7 Å². The van der Waals surface area contributed by atoms with Gasteiger partial charge in [-0.05, 0) is 34.8 Å². The van der Waals surface area contributed by atoms with E-state index in [0.29, 0.717) is 11.7 Å². The Bertz CT molecular complexity index is 872. The summed E-state index contributed by atoms with van der Waals surface area (Å²) in [5, 5.41) is 4.30. The number of nitrogens with one attached hydrogen (secondary N) is 1. The molecule has 6 nitrogen and oxygen atoms in total. The molecule has 5 rings (SSSR count). The van der Waals surface area contributed by atoms with Gasteiger partial charge in [0.2, 0.25) is 0 Å². The number of para-hydroxylation sites is 1. The van der Waals surface area contributed by atoms with Crippen LogP contribution in [0.25, 0.3) is 10.9 Å². The standard InChI is InChI=1S/C15H14BrN5O/c16-10-8-4-1-2-5-9(8)21-11(10)12(22)20-7-3-6-15(20)13(21)18-14(17)19-15/h1-2,4-5,13H,3,6-7H2,(H3,17,18,19). The molecule has 0 saturated carbocycles. The third-order valence-corrected chi connectivity index (χ3v) is 5.80. The predicted octanol–water partition coefficient (Wildman–Crippen LogP) is 1.77. The lowest BCUT2D eigenvalue weighted by Gasteiger charge is -2.43. The zero-order valence-electron chi connectivity index (χ0n) is 11.7. The second-order valence-electron chi connectivity index (χ2n) is 6.05. The first-order valence-electron chi connectivity index (χ1n) is 7.35. The SMILES string of the molecule is NC1=NC2n3c(c(Br)c4ccccc43)C(=O)N3CCCC23N1. The van der Waals surface area contributed by atoms with Crippen LogP contribution >= 0.6 is 15.9 Å². The fourth-order valence-electron chi connectivity index (χ4n) is 4.15. The molecule has 1 aromatic heterocycles. The number of aliphatic imine (C=N–C) groups is 1. The molecule has 3 aliphatic rings. The second-order valence-corrected chi connectivity index (χ2v) is 6.84. The quantitative estimate of drug-likeness (QED) is 0.752. The molecule has 3 aliphatic heterocycles. The van der Waals surface area contributed by atoms with Gasteiger partial charge in [0.05, 0.1) is 9.99 Å². The lowest BCUT2D eigenvalue weighted by atomic mass is 10.0. The average molecular weight is 360 g/mol. The number of benzene rings is 1. The number of nitrogens with two attached hydrogens (primary N) is 1. The highest BCUT2D eigenvalue weighted by Crippen LogP contribution is 2.49. The number of rotatable bonds is 0. The molecule has 112 valence electrons. The van der Waals surface area contributed by atoms with E-state index in [4.69, 9.17) is 5.73 Å². The number of guanidine groups is 1. The summed E-state index contributed by atoms with van der Waals surface area (Å²) in [6.45, 7) is 0.735. The van der Waals surface area contributed by atoms with E-state index in [1.807, 2.05) is 33.7 Å². The van der Waals surface area contributed by atoms with E-state index < -0.39 is 5.66 Å². The Balaban J connectivity index is 1.90. The summed E-state index contributed by atoms with van der Waals surface area (Å²) in [5.74, 6) is 0.445. The van der Waals surface area contributed by atoms with E-state index in [1.165, 1.54) is 0 Å². The molecule has 1 amide bonds.